The molecule has 1 atom stereocenters. The van der Waals surface area contributed by atoms with E-state index < -0.39 is 0 Å². The molecule has 1 unspecified atom stereocenters. The van der Waals surface area contributed by atoms with E-state index in [4.69, 9.17) is 0 Å². The highest BCUT2D eigenvalue weighted by atomic mass is 32.2. The van der Waals surface area contributed by atoms with Gasteiger partial charge in [0.2, 0.25) is 0 Å². The van der Waals surface area contributed by atoms with Crippen molar-refractivity contribution in [3.05, 3.63) is 30.1 Å². The van der Waals surface area contributed by atoms with E-state index in [9.17, 15) is 0 Å². The molecule has 0 amide bonds. The minimum Gasteiger partial charge on any atom is -0.310 e. The average molecular weight is 224 g/mol. The molecule has 1 aromatic rings. The van der Waals surface area contributed by atoms with Gasteiger partial charge in [0.15, 0.2) is 0 Å². The first-order valence-electron chi connectivity index (χ1n) is 5.53. The van der Waals surface area contributed by atoms with Gasteiger partial charge in [-0.05, 0) is 42.5 Å². The van der Waals surface area contributed by atoms with Gasteiger partial charge in [-0.25, -0.2) is 0 Å². The maximum atomic E-state index is 4.00. The highest BCUT2D eigenvalue weighted by Crippen LogP contribution is 2.04. The molecule has 0 bridgehead atoms. The van der Waals surface area contributed by atoms with Crippen molar-refractivity contribution >= 4 is 11.8 Å². The number of hydrogen-bond donors (Lipinski definition) is 1. The van der Waals surface area contributed by atoms with Gasteiger partial charge in [-0.15, -0.1) is 0 Å². The zero-order chi connectivity index (χ0) is 10.9. The molecule has 84 valence electrons. The molecule has 1 aromatic heterocycles. The Kier molecular flexibility index (Phi) is 6.44. The number of rotatable bonds is 7. The molecular weight excluding hydrogens is 204 g/mol. The molecule has 0 saturated heterocycles. The number of thioether (sulfide) groups is 1. The van der Waals surface area contributed by atoms with Gasteiger partial charge < -0.3 is 5.32 Å². The van der Waals surface area contributed by atoms with E-state index >= 15 is 0 Å². The number of nitrogens with zero attached hydrogens (tertiary/aromatic N) is 1. The van der Waals surface area contributed by atoms with Gasteiger partial charge in [0.05, 0.1) is 0 Å². The average Bonchev–Trinajstić information content (AvgIpc) is 2.28. The van der Waals surface area contributed by atoms with E-state index in [-0.39, 0.29) is 0 Å². The van der Waals surface area contributed by atoms with Gasteiger partial charge in [0.25, 0.3) is 0 Å². The molecule has 15 heavy (non-hydrogen) atoms. The Balaban J connectivity index is 2.14. The molecule has 2 nitrogen and oxygen atoms in total. The van der Waals surface area contributed by atoms with Gasteiger partial charge in [0.1, 0.15) is 0 Å². The number of pyridine rings is 1. The summed E-state index contributed by atoms with van der Waals surface area (Å²) < 4.78 is 0. The van der Waals surface area contributed by atoms with Crippen molar-refractivity contribution in [1.82, 2.24) is 10.3 Å². The second kappa shape index (κ2) is 7.71. The zero-order valence-electron chi connectivity index (χ0n) is 9.57. The normalized spacial score (nSPS) is 12.7. The van der Waals surface area contributed by atoms with Crippen LogP contribution in [0.2, 0.25) is 0 Å². The molecule has 1 heterocycles. The lowest BCUT2D eigenvalue weighted by Crippen LogP contribution is -2.25. The summed E-state index contributed by atoms with van der Waals surface area (Å²) >= 11 is 2.01. The molecule has 0 saturated carbocycles. The summed E-state index contributed by atoms with van der Waals surface area (Å²) in [7, 11) is 0. The Hall–Kier alpha value is -0.540. The Labute approximate surface area is 96.9 Å². The van der Waals surface area contributed by atoms with Crippen LogP contribution >= 0.6 is 11.8 Å². The quantitative estimate of drug-likeness (QED) is 0.721. The predicted molar refractivity (Wildman–Crippen MR) is 68.2 cm³/mol. The number of nitrogens with one attached hydrogen (secondary N) is 1. The molecule has 1 rings (SSSR count). The van der Waals surface area contributed by atoms with E-state index in [1.807, 2.05) is 24.2 Å². The van der Waals surface area contributed by atoms with Crippen LogP contribution in [0.4, 0.5) is 0 Å². The molecule has 0 spiro atoms. The first-order valence-corrected chi connectivity index (χ1v) is 6.68. The minimum absolute atomic E-state index is 0.595. The fourth-order valence-electron chi connectivity index (χ4n) is 1.30. The highest BCUT2D eigenvalue weighted by Gasteiger charge is 2.00. The Morgan fingerprint density at radius 2 is 2.13 bits per heavy atom. The third kappa shape index (κ3) is 5.80. The lowest BCUT2D eigenvalue weighted by molar-refractivity contribution is 0.537. The van der Waals surface area contributed by atoms with Crippen molar-refractivity contribution in [1.29, 1.82) is 0 Å². The van der Waals surface area contributed by atoms with Crippen LogP contribution in [-0.2, 0) is 6.54 Å². The van der Waals surface area contributed by atoms with Gasteiger partial charge in [-0.3, -0.25) is 4.98 Å². The third-order valence-corrected chi connectivity index (χ3v) is 3.24. The van der Waals surface area contributed by atoms with Crippen LogP contribution in [0.5, 0.6) is 0 Å². The molecule has 0 aliphatic rings. The molecule has 0 aliphatic carbocycles. The fraction of sp³-hybridized carbons (Fsp3) is 0.583. The number of hydrogen-bond acceptors (Lipinski definition) is 3. The summed E-state index contributed by atoms with van der Waals surface area (Å²) in [5.41, 5.74) is 1.31. The summed E-state index contributed by atoms with van der Waals surface area (Å²) in [6.07, 6.45) is 4.92. The van der Waals surface area contributed by atoms with E-state index in [2.05, 4.69) is 36.3 Å². The zero-order valence-corrected chi connectivity index (χ0v) is 10.4. The smallest absolute Gasteiger partial charge is 0.0271 e. The van der Waals surface area contributed by atoms with Crippen LogP contribution in [-0.4, -0.2) is 22.5 Å². The second-order valence-corrected chi connectivity index (χ2v) is 5.02. The Bertz CT molecular complexity index is 251. The van der Waals surface area contributed by atoms with E-state index in [1.54, 1.807) is 0 Å². The van der Waals surface area contributed by atoms with E-state index in [0.29, 0.717) is 6.04 Å². The molecular formula is C12H20N2S. The van der Waals surface area contributed by atoms with E-state index in [0.717, 1.165) is 6.54 Å². The largest absolute Gasteiger partial charge is 0.310 e. The molecule has 0 radical (unpaired) electrons. The molecule has 0 aliphatic heterocycles. The lowest BCUT2D eigenvalue weighted by atomic mass is 10.2. The maximum Gasteiger partial charge on any atom is 0.0271 e. The molecule has 0 fully saturated rings. The molecule has 3 heteroatoms. The summed E-state index contributed by atoms with van der Waals surface area (Å²) in [4.78, 5) is 4.00. The monoisotopic (exact) mass is 224 g/mol. The summed E-state index contributed by atoms with van der Waals surface area (Å²) in [5.74, 6) is 2.47. The van der Waals surface area contributed by atoms with Crippen LogP contribution in [0, 0.1) is 0 Å². The SMILES string of the molecule is CCSCCC(C)NCc1ccncc1. The van der Waals surface area contributed by atoms with Crippen molar-refractivity contribution in [3.63, 3.8) is 0 Å². The summed E-state index contributed by atoms with van der Waals surface area (Å²) in [6.45, 7) is 5.40. The highest BCUT2D eigenvalue weighted by molar-refractivity contribution is 7.99. The Morgan fingerprint density at radius 1 is 1.40 bits per heavy atom. The van der Waals surface area contributed by atoms with Crippen molar-refractivity contribution < 1.29 is 0 Å². The third-order valence-electron chi connectivity index (χ3n) is 2.30. The van der Waals surface area contributed by atoms with Crippen molar-refractivity contribution in [2.24, 2.45) is 0 Å². The first-order chi connectivity index (χ1) is 7.33. The van der Waals surface area contributed by atoms with Gasteiger partial charge in [0, 0.05) is 25.0 Å². The predicted octanol–water partition coefficient (Wildman–Crippen LogP) is 2.70. The summed E-state index contributed by atoms with van der Waals surface area (Å²) in [6, 6.07) is 4.71. The number of aromatic nitrogens is 1. The van der Waals surface area contributed by atoms with Crippen molar-refractivity contribution in [2.75, 3.05) is 11.5 Å². The lowest BCUT2D eigenvalue weighted by Gasteiger charge is -2.13. The fourth-order valence-corrected chi connectivity index (χ4v) is 2.11. The van der Waals surface area contributed by atoms with Crippen LogP contribution < -0.4 is 5.32 Å². The van der Waals surface area contributed by atoms with Gasteiger partial charge in [-0.1, -0.05) is 6.92 Å². The maximum absolute atomic E-state index is 4.00. The molecule has 1 N–H and O–H groups in total. The van der Waals surface area contributed by atoms with Crippen LogP contribution in [0.1, 0.15) is 25.8 Å². The van der Waals surface area contributed by atoms with Crippen LogP contribution in [0.15, 0.2) is 24.5 Å². The molecule has 0 aromatic carbocycles. The van der Waals surface area contributed by atoms with Crippen molar-refractivity contribution in [3.8, 4) is 0 Å². The van der Waals surface area contributed by atoms with E-state index in [1.165, 1.54) is 23.5 Å². The van der Waals surface area contributed by atoms with Crippen LogP contribution in [0.25, 0.3) is 0 Å². The second-order valence-electron chi connectivity index (χ2n) is 3.62. The minimum atomic E-state index is 0.595. The van der Waals surface area contributed by atoms with Gasteiger partial charge in [-0.2, -0.15) is 11.8 Å². The van der Waals surface area contributed by atoms with Gasteiger partial charge >= 0.3 is 0 Å². The summed E-state index contributed by atoms with van der Waals surface area (Å²) in [5, 5.41) is 3.52. The Morgan fingerprint density at radius 3 is 2.80 bits per heavy atom. The van der Waals surface area contributed by atoms with Crippen LogP contribution in [0.3, 0.4) is 0 Å². The standard InChI is InChI=1S/C12H20N2S/c1-3-15-9-6-11(2)14-10-12-4-7-13-8-5-12/h4-5,7-8,11,14H,3,6,9-10H2,1-2H3. The topological polar surface area (TPSA) is 24.9 Å². The van der Waals surface area contributed by atoms with Crippen molar-refractivity contribution in [2.45, 2.75) is 32.9 Å². The first kappa shape index (κ1) is 12.5.